The number of aromatic nitrogens is 1. The minimum atomic E-state index is -0.566. The van der Waals surface area contributed by atoms with Crippen molar-refractivity contribution in [2.75, 3.05) is 19.7 Å². The molecule has 0 radical (unpaired) electrons. The standard InChI is InChI=1S/C24H24N2O4/c1-17-11-13-26(14-12-17)22(27)16-29-24(28)20-10-6-5-9-19(20)23-25-15-21(30-23)18-7-3-2-4-8-18/h2-10,15,17H,11-14,16H2,1H3. The average molecular weight is 404 g/mol. The molecular weight excluding hydrogens is 380 g/mol. The van der Waals surface area contributed by atoms with Crippen LogP contribution in [0.15, 0.2) is 65.2 Å². The van der Waals surface area contributed by atoms with E-state index < -0.39 is 5.97 Å². The van der Waals surface area contributed by atoms with Crippen molar-refractivity contribution in [3.05, 3.63) is 66.4 Å². The predicted molar refractivity (Wildman–Crippen MR) is 113 cm³/mol. The lowest BCUT2D eigenvalue weighted by molar-refractivity contribution is -0.135. The van der Waals surface area contributed by atoms with E-state index in [1.807, 2.05) is 30.3 Å². The van der Waals surface area contributed by atoms with Crippen molar-refractivity contribution in [3.8, 4) is 22.8 Å². The largest absolute Gasteiger partial charge is 0.452 e. The number of carbonyl (C=O) groups is 2. The van der Waals surface area contributed by atoms with Gasteiger partial charge in [0.2, 0.25) is 5.89 Å². The smallest absolute Gasteiger partial charge is 0.339 e. The van der Waals surface area contributed by atoms with Gasteiger partial charge in [0.1, 0.15) is 0 Å². The van der Waals surface area contributed by atoms with Crippen molar-refractivity contribution < 1.29 is 18.7 Å². The fraction of sp³-hybridized carbons (Fsp3) is 0.292. The van der Waals surface area contributed by atoms with Gasteiger partial charge in [0.25, 0.3) is 5.91 Å². The number of esters is 1. The van der Waals surface area contributed by atoms with E-state index in [2.05, 4.69) is 11.9 Å². The first-order valence-electron chi connectivity index (χ1n) is 10.2. The Labute approximate surface area is 175 Å². The Morgan fingerprint density at radius 3 is 2.53 bits per heavy atom. The first-order valence-corrected chi connectivity index (χ1v) is 10.2. The van der Waals surface area contributed by atoms with Gasteiger partial charge >= 0.3 is 5.97 Å². The molecule has 0 atom stereocenters. The molecule has 0 N–H and O–H groups in total. The zero-order valence-corrected chi connectivity index (χ0v) is 16.9. The number of oxazole rings is 1. The molecule has 3 aromatic rings. The van der Waals surface area contributed by atoms with Crippen LogP contribution in [0, 0.1) is 5.92 Å². The van der Waals surface area contributed by atoms with Gasteiger partial charge in [-0.15, -0.1) is 0 Å². The van der Waals surface area contributed by atoms with Gasteiger partial charge in [-0.2, -0.15) is 0 Å². The number of carbonyl (C=O) groups excluding carboxylic acids is 2. The highest BCUT2D eigenvalue weighted by atomic mass is 16.5. The molecule has 2 heterocycles. The number of likely N-dealkylation sites (tertiary alicyclic amines) is 1. The summed E-state index contributed by atoms with van der Waals surface area (Å²) in [7, 11) is 0. The average Bonchev–Trinajstić information content (AvgIpc) is 3.28. The highest BCUT2D eigenvalue weighted by Crippen LogP contribution is 2.28. The van der Waals surface area contributed by atoms with Gasteiger partial charge in [-0.3, -0.25) is 4.79 Å². The summed E-state index contributed by atoms with van der Waals surface area (Å²) in [6, 6.07) is 16.6. The van der Waals surface area contributed by atoms with Gasteiger partial charge in [-0.25, -0.2) is 9.78 Å². The van der Waals surface area contributed by atoms with Crippen molar-refractivity contribution in [1.82, 2.24) is 9.88 Å². The maximum Gasteiger partial charge on any atom is 0.339 e. The van der Waals surface area contributed by atoms with Gasteiger partial charge in [-0.1, -0.05) is 49.4 Å². The van der Waals surface area contributed by atoms with Gasteiger partial charge in [0.15, 0.2) is 12.4 Å². The number of nitrogens with zero attached hydrogens (tertiary/aromatic N) is 2. The van der Waals surface area contributed by atoms with Crippen molar-refractivity contribution in [2.45, 2.75) is 19.8 Å². The van der Waals surface area contributed by atoms with Crippen LogP contribution in [0.1, 0.15) is 30.1 Å². The van der Waals surface area contributed by atoms with E-state index in [0.29, 0.717) is 41.8 Å². The quantitative estimate of drug-likeness (QED) is 0.589. The zero-order chi connectivity index (χ0) is 20.9. The number of hydrogen-bond acceptors (Lipinski definition) is 5. The third-order valence-corrected chi connectivity index (χ3v) is 5.40. The van der Waals surface area contributed by atoms with E-state index in [9.17, 15) is 9.59 Å². The Kier molecular flexibility index (Phi) is 5.93. The molecule has 0 aliphatic carbocycles. The van der Waals surface area contributed by atoms with Crippen LogP contribution in [-0.2, 0) is 9.53 Å². The number of ether oxygens (including phenoxy) is 1. The van der Waals surface area contributed by atoms with Gasteiger partial charge in [0, 0.05) is 18.7 Å². The van der Waals surface area contributed by atoms with Crippen molar-refractivity contribution >= 4 is 11.9 Å². The summed E-state index contributed by atoms with van der Waals surface area (Å²) in [5.74, 6) is 0.852. The van der Waals surface area contributed by atoms with Crippen LogP contribution >= 0.6 is 0 Å². The summed E-state index contributed by atoms with van der Waals surface area (Å²) in [6.07, 6.45) is 3.60. The Morgan fingerprint density at radius 1 is 1.07 bits per heavy atom. The fourth-order valence-corrected chi connectivity index (χ4v) is 3.54. The SMILES string of the molecule is CC1CCN(C(=O)COC(=O)c2ccccc2-c2ncc(-c3ccccc3)o2)CC1. The molecule has 1 amide bonds. The lowest BCUT2D eigenvalue weighted by atomic mass is 9.99. The number of amides is 1. The molecule has 0 bridgehead atoms. The summed E-state index contributed by atoms with van der Waals surface area (Å²) in [4.78, 5) is 31.2. The highest BCUT2D eigenvalue weighted by Gasteiger charge is 2.23. The second-order valence-corrected chi connectivity index (χ2v) is 7.58. The van der Waals surface area contributed by atoms with E-state index >= 15 is 0 Å². The highest BCUT2D eigenvalue weighted by molar-refractivity contribution is 5.97. The third kappa shape index (κ3) is 4.43. The van der Waals surface area contributed by atoms with Crippen LogP contribution in [0.2, 0.25) is 0 Å². The van der Waals surface area contributed by atoms with E-state index in [-0.39, 0.29) is 12.5 Å². The van der Waals surface area contributed by atoms with Crippen molar-refractivity contribution in [3.63, 3.8) is 0 Å². The Hall–Kier alpha value is -3.41. The molecule has 1 aliphatic rings. The molecule has 1 aliphatic heterocycles. The summed E-state index contributed by atoms with van der Waals surface area (Å²) in [5.41, 5.74) is 1.75. The number of rotatable bonds is 5. The Balaban J connectivity index is 1.46. The van der Waals surface area contributed by atoms with Crippen molar-refractivity contribution in [2.24, 2.45) is 5.92 Å². The van der Waals surface area contributed by atoms with E-state index in [1.54, 1.807) is 35.4 Å². The molecule has 6 nitrogen and oxygen atoms in total. The number of piperidine rings is 1. The lowest BCUT2D eigenvalue weighted by Crippen LogP contribution is -2.40. The van der Waals surface area contributed by atoms with E-state index in [1.165, 1.54) is 0 Å². The van der Waals surface area contributed by atoms with Crippen LogP contribution in [0.5, 0.6) is 0 Å². The Bertz CT molecular complexity index is 1020. The first kappa shape index (κ1) is 19.9. The van der Waals surface area contributed by atoms with Crippen LogP contribution in [-0.4, -0.2) is 41.5 Å². The van der Waals surface area contributed by atoms with Crippen LogP contribution in [0.25, 0.3) is 22.8 Å². The summed E-state index contributed by atoms with van der Waals surface area (Å²) < 4.78 is 11.2. The van der Waals surface area contributed by atoms with Gasteiger partial charge in [0.05, 0.1) is 17.3 Å². The third-order valence-electron chi connectivity index (χ3n) is 5.40. The molecule has 6 heteroatoms. The molecule has 154 valence electrons. The molecule has 1 aromatic heterocycles. The van der Waals surface area contributed by atoms with Gasteiger partial charge in [-0.05, 0) is 30.9 Å². The zero-order valence-electron chi connectivity index (χ0n) is 16.9. The maximum atomic E-state index is 12.7. The first-order chi connectivity index (χ1) is 14.6. The number of hydrogen-bond donors (Lipinski definition) is 0. The molecule has 1 saturated heterocycles. The Morgan fingerprint density at radius 2 is 1.77 bits per heavy atom. The summed E-state index contributed by atoms with van der Waals surface area (Å²) in [6.45, 7) is 3.35. The summed E-state index contributed by atoms with van der Waals surface area (Å²) >= 11 is 0. The fourth-order valence-electron chi connectivity index (χ4n) is 3.54. The lowest BCUT2D eigenvalue weighted by Gasteiger charge is -2.30. The molecule has 30 heavy (non-hydrogen) atoms. The minimum Gasteiger partial charge on any atom is -0.452 e. The van der Waals surface area contributed by atoms with Gasteiger partial charge < -0.3 is 14.1 Å². The molecule has 0 unspecified atom stereocenters. The van der Waals surface area contributed by atoms with E-state index in [4.69, 9.17) is 9.15 Å². The maximum absolute atomic E-state index is 12.7. The molecule has 2 aromatic carbocycles. The summed E-state index contributed by atoms with van der Waals surface area (Å²) in [5, 5.41) is 0. The van der Waals surface area contributed by atoms with Crippen LogP contribution in [0.4, 0.5) is 0 Å². The molecule has 0 spiro atoms. The number of benzene rings is 2. The molecule has 1 fully saturated rings. The topological polar surface area (TPSA) is 72.6 Å². The monoisotopic (exact) mass is 404 g/mol. The minimum absolute atomic E-state index is 0.157. The predicted octanol–water partition coefficient (Wildman–Crippen LogP) is 4.42. The second kappa shape index (κ2) is 8.95. The van der Waals surface area contributed by atoms with Crippen LogP contribution < -0.4 is 0 Å². The molecule has 0 saturated carbocycles. The second-order valence-electron chi connectivity index (χ2n) is 7.58. The van der Waals surface area contributed by atoms with E-state index in [0.717, 1.165) is 18.4 Å². The van der Waals surface area contributed by atoms with Crippen LogP contribution in [0.3, 0.4) is 0 Å². The normalized spacial score (nSPS) is 14.5. The molecular formula is C24H24N2O4. The van der Waals surface area contributed by atoms with Crippen molar-refractivity contribution in [1.29, 1.82) is 0 Å². The molecule has 4 rings (SSSR count).